The lowest BCUT2D eigenvalue weighted by Gasteiger charge is -2.08. The zero-order chi connectivity index (χ0) is 21.0. The van der Waals surface area contributed by atoms with Crippen molar-refractivity contribution in [3.8, 4) is 22.8 Å². The molecule has 31 heavy (non-hydrogen) atoms. The van der Waals surface area contributed by atoms with Crippen LogP contribution in [0.15, 0.2) is 59.1 Å². The van der Waals surface area contributed by atoms with E-state index < -0.39 is 6.10 Å². The number of amides is 1. The van der Waals surface area contributed by atoms with Crippen LogP contribution in [-0.2, 0) is 22.5 Å². The molecule has 7 nitrogen and oxygen atoms in total. The molecule has 0 spiro atoms. The van der Waals surface area contributed by atoms with Crippen LogP contribution in [0.1, 0.15) is 17.0 Å². The number of hydrogen-bond acceptors (Lipinski definition) is 7. The molecule has 1 aromatic heterocycles. The monoisotopic (exact) mass is 435 g/mol. The summed E-state index contributed by atoms with van der Waals surface area (Å²) in [5.74, 6) is 1.34. The summed E-state index contributed by atoms with van der Waals surface area (Å²) >= 11 is 1.60. The second-order valence-corrected chi connectivity index (χ2v) is 8.30. The van der Waals surface area contributed by atoms with Gasteiger partial charge in [-0.2, -0.15) is 0 Å². The number of oxime groups is 1. The summed E-state index contributed by atoms with van der Waals surface area (Å²) in [7, 11) is 0. The van der Waals surface area contributed by atoms with Gasteiger partial charge in [-0.1, -0.05) is 41.6 Å². The molecule has 2 aromatic carbocycles. The van der Waals surface area contributed by atoms with Crippen LogP contribution in [0, 0.1) is 0 Å². The molecule has 0 bridgehead atoms. The van der Waals surface area contributed by atoms with E-state index in [2.05, 4.69) is 15.5 Å². The summed E-state index contributed by atoms with van der Waals surface area (Å²) < 4.78 is 10.7. The summed E-state index contributed by atoms with van der Waals surface area (Å²) in [6, 6.07) is 15.9. The molecule has 1 N–H and O–H groups in total. The molecule has 0 radical (unpaired) electrons. The fourth-order valence-corrected chi connectivity index (χ4v) is 4.34. The number of ether oxygens (including phenoxy) is 2. The molecule has 158 valence electrons. The third-order valence-electron chi connectivity index (χ3n) is 5.13. The van der Waals surface area contributed by atoms with E-state index >= 15 is 0 Å². The lowest BCUT2D eigenvalue weighted by molar-refractivity contribution is -0.131. The predicted octanol–water partition coefficient (Wildman–Crippen LogP) is 3.59. The van der Waals surface area contributed by atoms with Crippen LogP contribution in [0.4, 0.5) is 0 Å². The normalized spacial score (nSPS) is 16.6. The second kappa shape index (κ2) is 8.77. The number of carbonyl (C=O) groups is 1. The van der Waals surface area contributed by atoms with Crippen LogP contribution in [0.3, 0.4) is 0 Å². The van der Waals surface area contributed by atoms with Crippen LogP contribution in [0.25, 0.3) is 11.3 Å². The fourth-order valence-electron chi connectivity index (χ4n) is 3.53. The Morgan fingerprint density at radius 1 is 1.13 bits per heavy atom. The van der Waals surface area contributed by atoms with Gasteiger partial charge in [0.05, 0.1) is 16.4 Å². The van der Waals surface area contributed by atoms with Crippen molar-refractivity contribution in [2.45, 2.75) is 25.4 Å². The maximum atomic E-state index is 12.5. The Hall–Kier alpha value is -3.39. The van der Waals surface area contributed by atoms with Gasteiger partial charge in [0.2, 0.25) is 12.9 Å². The molecule has 2 aliphatic rings. The van der Waals surface area contributed by atoms with Gasteiger partial charge in [-0.25, -0.2) is 4.98 Å². The van der Waals surface area contributed by atoms with Gasteiger partial charge in [0, 0.05) is 36.8 Å². The van der Waals surface area contributed by atoms with E-state index in [1.54, 1.807) is 11.3 Å². The average Bonchev–Trinajstić information content (AvgIpc) is 3.55. The molecule has 1 unspecified atom stereocenters. The van der Waals surface area contributed by atoms with E-state index in [1.807, 2.05) is 53.9 Å². The van der Waals surface area contributed by atoms with Gasteiger partial charge in [0.25, 0.3) is 5.91 Å². The maximum Gasteiger partial charge on any atom is 0.264 e. The molecule has 0 saturated carbocycles. The minimum atomic E-state index is -0.583. The number of rotatable bonds is 7. The number of benzene rings is 2. The Morgan fingerprint density at radius 2 is 2.00 bits per heavy atom. The van der Waals surface area contributed by atoms with Gasteiger partial charge in [0.15, 0.2) is 11.5 Å². The number of thiazole rings is 1. The molecule has 0 aliphatic carbocycles. The molecular formula is C23H21N3O4S. The Morgan fingerprint density at radius 3 is 2.90 bits per heavy atom. The van der Waals surface area contributed by atoms with Gasteiger partial charge in [-0.3, -0.25) is 4.79 Å². The minimum Gasteiger partial charge on any atom is -0.454 e. The summed E-state index contributed by atoms with van der Waals surface area (Å²) in [6.45, 7) is 0.761. The number of aromatic nitrogens is 1. The first-order valence-corrected chi connectivity index (χ1v) is 11.0. The van der Waals surface area contributed by atoms with Gasteiger partial charge in [0.1, 0.15) is 0 Å². The average molecular weight is 436 g/mol. The quantitative estimate of drug-likeness (QED) is 0.613. The smallest absolute Gasteiger partial charge is 0.264 e. The highest BCUT2D eigenvalue weighted by Crippen LogP contribution is 2.33. The number of nitrogens with one attached hydrogen (secondary N) is 1. The largest absolute Gasteiger partial charge is 0.454 e. The second-order valence-electron chi connectivity index (χ2n) is 7.35. The molecule has 0 saturated heterocycles. The Bertz CT molecular complexity index is 1110. The van der Waals surface area contributed by atoms with E-state index in [-0.39, 0.29) is 12.7 Å². The first-order valence-electron chi connectivity index (χ1n) is 10.1. The number of fused-ring (bicyclic) bond motifs is 1. The van der Waals surface area contributed by atoms with Crippen LogP contribution < -0.4 is 14.8 Å². The molecule has 1 amide bonds. The van der Waals surface area contributed by atoms with Crippen molar-refractivity contribution in [3.05, 3.63) is 64.5 Å². The van der Waals surface area contributed by atoms with Crippen molar-refractivity contribution in [2.75, 3.05) is 13.3 Å². The van der Waals surface area contributed by atoms with Gasteiger partial charge < -0.3 is 19.6 Å². The minimum absolute atomic E-state index is 0.149. The van der Waals surface area contributed by atoms with Crippen LogP contribution in [0.5, 0.6) is 11.5 Å². The summed E-state index contributed by atoms with van der Waals surface area (Å²) in [5, 5.41) is 10.1. The topological polar surface area (TPSA) is 82.0 Å². The highest BCUT2D eigenvalue weighted by molar-refractivity contribution is 7.09. The van der Waals surface area contributed by atoms with E-state index in [9.17, 15) is 4.79 Å². The van der Waals surface area contributed by atoms with E-state index in [0.717, 1.165) is 39.0 Å². The van der Waals surface area contributed by atoms with Crippen molar-refractivity contribution >= 4 is 23.0 Å². The third kappa shape index (κ3) is 4.54. The van der Waals surface area contributed by atoms with E-state index in [0.29, 0.717) is 25.8 Å². The highest BCUT2D eigenvalue weighted by Gasteiger charge is 2.28. The van der Waals surface area contributed by atoms with Gasteiger partial charge in [-0.15, -0.1) is 11.3 Å². The van der Waals surface area contributed by atoms with Crippen molar-refractivity contribution < 1.29 is 19.1 Å². The number of nitrogens with zero attached hydrogens (tertiary/aromatic N) is 2. The van der Waals surface area contributed by atoms with Crippen molar-refractivity contribution in [1.82, 2.24) is 10.3 Å². The Balaban J connectivity index is 1.08. The molecule has 8 heteroatoms. The zero-order valence-corrected chi connectivity index (χ0v) is 17.6. The van der Waals surface area contributed by atoms with Gasteiger partial charge in [-0.05, 0) is 17.7 Å². The third-order valence-corrected chi connectivity index (χ3v) is 6.04. The standard InChI is InChI=1S/C23H21N3O4S/c27-23(24-9-8-22-25-18(13-31-22)16-4-2-1-3-5-16)21-12-17(26-30-21)10-15-6-7-19-20(11-15)29-14-28-19/h1-7,11,13,21H,8-10,12,14H2,(H,24,27). The summed E-state index contributed by atoms with van der Waals surface area (Å²) in [6.07, 6.45) is 1.19. The fraction of sp³-hybridized carbons (Fsp3) is 0.261. The van der Waals surface area contributed by atoms with Crippen LogP contribution in [0.2, 0.25) is 0 Å². The maximum absolute atomic E-state index is 12.5. The zero-order valence-electron chi connectivity index (χ0n) is 16.7. The van der Waals surface area contributed by atoms with Crippen LogP contribution >= 0.6 is 11.3 Å². The van der Waals surface area contributed by atoms with Crippen molar-refractivity contribution in [1.29, 1.82) is 0 Å². The molecule has 3 heterocycles. The van der Waals surface area contributed by atoms with E-state index in [4.69, 9.17) is 14.3 Å². The lowest BCUT2D eigenvalue weighted by Crippen LogP contribution is -2.36. The molecular weight excluding hydrogens is 414 g/mol. The lowest BCUT2D eigenvalue weighted by atomic mass is 10.0. The molecule has 0 fully saturated rings. The SMILES string of the molecule is O=C(NCCc1nc(-c2ccccc2)cs1)C1CC(Cc2ccc3c(c2)OCO3)=NO1. The van der Waals surface area contributed by atoms with Crippen LogP contribution in [-0.4, -0.2) is 36.0 Å². The highest BCUT2D eigenvalue weighted by atomic mass is 32.1. The summed E-state index contributed by atoms with van der Waals surface area (Å²) in [4.78, 5) is 22.5. The summed E-state index contributed by atoms with van der Waals surface area (Å²) in [5.41, 5.74) is 3.95. The molecule has 2 aliphatic heterocycles. The molecule has 5 rings (SSSR count). The number of carbonyl (C=O) groups excluding carboxylic acids is 1. The first-order chi connectivity index (χ1) is 15.2. The Kier molecular flexibility index (Phi) is 5.54. The molecule has 3 aromatic rings. The number of hydrogen-bond donors (Lipinski definition) is 1. The van der Waals surface area contributed by atoms with E-state index in [1.165, 1.54) is 0 Å². The predicted molar refractivity (Wildman–Crippen MR) is 117 cm³/mol. The van der Waals surface area contributed by atoms with Gasteiger partial charge >= 0.3 is 0 Å². The first kappa shape index (κ1) is 19.6. The van der Waals surface area contributed by atoms with Crippen molar-refractivity contribution in [3.63, 3.8) is 0 Å². The Labute approximate surface area is 183 Å². The molecule has 1 atom stereocenters. The van der Waals surface area contributed by atoms with Crippen molar-refractivity contribution in [2.24, 2.45) is 5.16 Å².